The summed E-state index contributed by atoms with van der Waals surface area (Å²) < 4.78 is 16.1. The first-order chi connectivity index (χ1) is 14.5. The van der Waals surface area contributed by atoms with Crippen molar-refractivity contribution < 1.29 is 23.8 Å². The monoisotopic (exact) mass is 429 g/mol. The molecule has 1 aliphatic heterocycles. The summed E-state index contributed by atoms with van der Waals surface area (Å²) in [5.74, 6) is 0.703. The van der Waals surface area contributed by atoms with E-state index in [2.05, 4.69) is 5.32 Å². The molecule has 7 heteroatoms. The zero-order valence-corrected chi connectivity index (χ0v) is 17.5. The van der Waals surface area contributed by atoms with Crippen molar-refractivity contribution in [3.05, 3.63) is 58.6 Å². The number of hydrogen-bond acceptors (Lipinski definition) is 5. The second-order valence-electron chi connectivity index (χ2n) is 7.73. The minimum atomic E-state index is -0.454. The third-order valence-electron chi connectivity index (χ3n) is 5.49. The van der Waals surface area contributed by atoms with E-state index in [9.17, 15) is 9.59 Å². The Morgan fingerprint density at radius 1 is 1.20 bits per heavy atom. The highest BCUT2D eigenvalue weighted by Crippen LogP contribution is 2.41. The predicted molar refractivity (Wildman–Crippen MR) is 112 cm³/mol. The first kappa shape index (κ1) is 20.5. The van der Waals surface area contributed by atoms with Gasteiger partial charge in [-0.1, -0.05) is 23.7 Å². The van der Waals surface area contributed by atoms with Crippen LogP contribution in [0.3, 0.4) is 0 Å². The van der Waals surface area contributed by atoms with Crippen LogP contribution in [0.1, 0.15) is 30.0 Å². The third-order valence-corrected chi connectivity index (χ3v) is 5.73. The van der Waals surface area contributed by atoms with Crippen LogP contribution in [0.5, 0.6) is 11.5 Å². The fraction of sp³-hybridized carbons (Fsp3) is 0.391. The van der Waals surface area contributed by atoms with E-state index in [4.69, 9.17) is 25.8 Å². The largest absolute Gasteiger partial charge is 0.497 e. The molecule has 158 valence electrons. The molecule has 0 radical (unpaired) electrons. The fourth-order valence-electron chi connectivity index (χ4n) is 3.70. The highest BCUT2D eigenvalue weighted by atomic mass is 35.5. The van der Waals surface area contributed by atoms with Gasteiger partial charge < -0.3 is 19.5 Å². The minimum absolute atomic E-state index is 0.0888. The number of carbonyl (C=O) groups is 2. The Morgan fingerprint density at radius 3 is 2.67 bits per heavy atom. The van der Waals surface area contributed by atoms with E-state index in [-0.39, 0.29) is 25.2 Å². The fourth-order valence-corrected chi connectivity index (χ4v) is 3.89. The van der Waals surface area contributed by atoms with E-state index >= 15 is 0 Å². The topological polar surface area (TPSA) is 73.9 Å². The maximum absolute atomic E-state index is 12.5. The summed E-state index contributed by atoms with van der Waals surface area (Å²) in [5.41, 5.74) is 1.89. The summed E-state index contributed by atoms with van der Waals surface area (Å²) in [6, 6.07) is 12.9. The predicted octanol–water partition coefficient (Wildman–Crippen LogP) is 3.71. The van der Waals surface area contributed by atoms with Crippen LogP contribution in [0.15, 0.2) is 42.5 Å². The van der Waals surface area contributed by atoms with Crippen molar-refractivity contribution in [3.63, 3.8) is 0 Å². The van der Waals surface area contributed by atoms with Gasteiger partial charge in [0, 0.05) is 5.02 Å². The summed E-state index contributed by atoms with van der Waals surface area (Å²) in [7, 11) is 1.62. The number of fused-ring (bicyclic) bond motifs is 1. The van der Waals surface area contributed by atoms with Crippen LogP contribution in [-0.2, 0) is 20.7 Å². The lowest BCUT2D eigenvalue weighted by Crippen LogP contribution is -2.36. The molecule has 6 nitrogen and oxygen atoms in total. The molecule has 0 spiro atoms. The summed E-state index contributed by atoms with van der Waals surface area (Å²) in [5, 5.41) is 3.60. The van der Waals surface area contributed by atoms with E-state index < -0.39 is 11.9 Å². The Labute approximate surface area is 180 Å². The van der Waals surface area contributed by atoms with E-state index in [1.54, 1.807) is 25.3 Å². The first-order valence-electron chi connectivity index (χ1n) is 10.0. The summed E-state index contributed by atoms with van der Waals surface area (Å²) in [4.78, 5) is 24.9. The lowest BCUT2D eigenvalue weighted by atomic mass is 9.97. The van der Waals surface area contributed by atoms with Crippen molar-refractivity contribution in [1.29, 1.82) is 0 Å². The molecule has 2 aromatic carbocycles. The van der Waals surface area contributed by atoms with Gasteiger partial charge in [-0.2, -0.15) is 0 Å². The quantitative estimate of drug-likeness (QED) is 0.679. The van der Waals surface area contributed by atoms with Crippen LogP contribution in [-0.4, -0.2) is 32.2 Å². The van der Waals surface area contributed by atoms with Gasteiger partial charge in [0.25, 0.3) is 5.91 Å². The molecule has 0 bridgehead atoms. The Morgan fingerprint density at radius 2 is 1.97 bits per heavy atom. The van der Waals surface area contributed by atoms with Crippen LogP contribution < -0.4 is 14.8 Å². The van der Waals surface area contributed by atoms with Gasteiger partial charge in [0.05, 0.1) is 19.1 Å². The number of rotatable bonds is 7. The zero-order chi connectivity index (χ0) is 21.1. The van der Waals surface area contributed by atoms with Crippen molar-refractivity contribution in [2.45, 2.75) is 25.3 Å². The number of ether oxygens (including phenoxy) is 3. The molecule has 2 atom stereocenters. The molecule has 4 rings (SSSR count). The van der Waals surface area contributed by atoms with E-state index in [0.29, 0.717) is 17.4 Å². The van der Waals surface area contributed by atoms with Crippen molar-refractivity contribution in [2.75, 3.05) is 20.3 Å². The maximum Gasteiger partial charge on any atom is 0.313 e. The number of esters is 1. The number of amides is 1. The average molecular weight is 430 g/mol. The number of hydrogen-bond donors (Lipinski definition) is 1. The molecule has 1 fully saturated rings. The third kappa shape index (κ3) is 4.87. The Hall–Kier alpha value is -2.73. The van der Waals surface area contributed by atoms with Gasteiger partial charge in [0.15, 0.2) is 6.61 Å². The van der Waals surface area contributed by atoms with Gasteiger partial charge in [-0.3, -0.25) is 9.59 Å². The van der Waals surface area contributed by atoms with Crippen LogP contribution in [0, 0.1) is 11.8 Å². The van der Waals surface area contributed by atoms with Crippen LogP contribution in [0.25, 0.3) is 0 Å². The Bertz CT molecular complexity index is 926. The van der Waals surface area contributed by atoms with E-state index in [1.807, 2.05) is 24.3 Å². The molecular weight excluding hydrogens is 406 g/mol. The van der Waals surface area contributed by atoms with Crippen LogP contribution in [0.4, 0.5) is 0 Å². The van der Waals surface area contributed by atoms with Crippen molar-refractivity contribution in [1.82, 2.24) is 5.32 Å². The van der Waals surface area contributed by atoms with E-state index in [1.165, 1.54) is 0 Å². The molecule has 0 aromatic heterocycles. The van der Waals surface area contributed by atoms with Gasteiger partial charge in [-0.25, -0.2) is 0 Å². The van der Waals surface area contributed by atoms with Crippen molar-refractivity contribution >= 4 is 23.5 Å². The number of methoxy groups -OCH3 is 1. The summed E-state index contributed by atoms with van der Waals surface area (Å²) in [6.45, 7) is -0.0806. The molecule has 2 unspecified atom stereocenters. The molecule has 1 N–H and O–H groups in total. The van der Waals surface area contributed by atoms with Crippen LogP contribution >= 0.6 is 11.6 Å². The second-order valence-corrected chi connectivity index (χ2v) is 8.16. The SMILES string of the molecule is COc1ccc(C(NC(=O)COC(=O)C2COc3ccc(Cl)cc3C2)C2CC2)cc1. The second kappa shape index (κ2) is 8.96. The van der Waals surface area contributed by atoms with Gasteiger partial charge in [-0.15, -0.1) is 0 Å². The lowest BCUT2D eigenvalue weighted by Gasteiger charge is -2.24. The molecule has 2 aromatic rings. The molecule has 2 aliphatic rings. The van der Waals surface area contributed by atoms with Gasteiger partial charge in [-0.05, 0) is 66.6 Å². The molecule has 1 saturated carbocycles. The number of halogens is 1. The standard InChI is InChI=1S/C23H24ClNO5/c1-28-19-7-4-15(5-8-19)22(14-2-3-14)25-21(26)13-30-23(27)17-10-16-11-18(24)6-9-20(16)29-12-17/h4-9,11,14,17,22H,2-3,10,12-13H2,1H3,(H,25,26). The molecule has 0 saturated heterocycles. The maximum atomic E-state index is 12.5. The lowest BCUT2D eigenvalue weighted by molar-refractivity contribution is -0.154. The number of nitrogens with one attached hydrogen (secondary N) is 1. The van der Waals surface area contributed by atoms with Crippen molar-refractivity contribution in [2.24, 2.45) is 11.8 Å². The molecular formula is C23H24ClNO5. The molecule has 1 heterocycles. The van der Waals surface area contributed by atoms with Gasteiger partial charge >= 0.3 is 5.97 Å². The van der Waals surface area contributed by atoms with Gasteiger partial charge in [0.2, 0.25) is 0 Å². The Kier molecular flexibility index (Phi) is 6.13. The van der Waals surface area contributed by atoms with Crippen LogP contribution in [0.2, 0.25) is 5.02 Å². The van der Waals surface area contributed by atoms with E-state index in [0.717, 1.165) is 35.5 Å². The number of benzene rings is 2. The average Bonchev–Trinajstić information content (AvgIpc) is 3.60. The molecule has 1 aliphatic carbocycles. The summed E-state index contributed by atoms with van der Waals surface area (Å²) in [6.07, 6.45) is 2.61. The summed E-state index contributed by atoms with van der Waals surface area (Å²) >= 11 is 6.02. The number of carbonyl (C=O) groups excluding carboxylic acids is 2. The highest BCUT2D eigenvalue weighted by Gasteiger charge is 2.34. The zero-order valence-electron chi connectivity index (χ0n) is 16.7. The first-order valence-corrected chi connectivity index (χ1v) is 10.4. The molecule has 1 amide bonds. The molecule has 30 heavy (non-hydrogen) atoms. The van der Waals surface area contributed by atoms with Gasteiger partial charge in [0.1, 0.15) is 18.1 Å². The van der Waals surface area contributed by atoms with Crippen molar-refractivity contribution in [3.8, 4) is 11.5 Å². The minimum Gasteiger partial charge on any atom is -0.497 e. The smallest absolute Gasteiger partial charge is 0.313 e. The Balaban J connectivity index is 1.31. The normalized spacial score (nSPS) is 18.5. The highest BCUT2D eigenvalue weighted by molar-refractivity contribution is 6.30.